The summed E-state index contributed by atoms with van der Waals surface area (Å²) < 4.78 is 16.3. The fourth-order valence-corrected chi connectivity index (χ4v) is 3.22. The molecule has 0 aromatic heterocycles. The van der Waals surface area contributed by atoms with Crippen molar-refractivity contribution >= 4 is 23.6 Å². The van der Waals surface area contributed by atoms with Crippen molar-refractivity contribution < 1.29 is 23.8 Å². The number of carbonyl (C=O) groups is 2. The molecule has 0 heterocycles. The van der Waals surface area contributed by atoms with E-state index >= 15 is 0 Å². The van der Waals surface area contributed by atoms with Gasteiger partial charge in [0.05, 0.1) is 20.8 Å². The molecule has 176 valence electrons. The third kappa shape index (κ3) is 7.13. The van der Waals surface area contributed by atoms with Crippen LogP contribution >= 0.6 is 0 Å². The quantitative estimate of drug-likeness (QED) is 0.437. The maximum Gasteiger partial charge on any atom is 0.272 e. The van der Waals surface area contributed by atoms with Crippen LogP contribution in [0.3, 0.4) is 0 Å². The highest BCUT2D eigenvalue weighted by atomic mass is 16.5. The zero-order chi connectivity index (χ0) is 24.3. The zero-order valence-corrected chi connectivity index (χ0v) is 19.5. The smallest absolute Gasteiger partial charge is 0.272 e. The number of anilines is 1. The van der Waals surface area contributed by atoms with Gasteiger partial charge in [0, 0.05) is 19.0 Å². The van der Waals surface area contributed by atoms with Gasteiger partial charge < -0.3 is 24.8 Å². The lowest BCUT2D eigenvalue weighted by atomic mass is 10.1. The third-order valence-electron chi connectivity index (χ3n) is 4.89. The molecule has 0 saturated carbocycles. The summed E-state index contributed by atoms with van der Waals surface area (Å²) in [7, 11) is 3.07. The number of amides is 2. The van der Waals surface area contributed by atoms with Gasteiger partial charge in [0.2, 0.25) is 5.91 Å². The minimum atomic E-state index is -0.456. The van der Waals surface area contributed by atoms with Gasteiger partial charge in [0.15, 0.2) is 11.5 Å². The van der Waals surface area contributed by atoms with Gasteiger partial charge in [-0.15, -0.1) is 0 Å². The average molecular weight is 461 g/mol. The molecule has 3 aromatic rings. The van der Waals surface area contributed by atoms with E-state index in [0.717, 1.165) is 6.42 Å². The van der Waals surface area contributed by atoms with Crippen LogP contribution in [0.4, 0.5) is 5.69 Å². The Bertz CT molecular complexity index is 1140. The summed E-state index contributed by atoms with van der Waals surface area (Å²) in [6.45, 7) is 1.90. The Balaban J connectivity index is 1.66. The Kier molecular flexibility index (Phi) is 8.68. The Labute approximate surface area is 199 Å². The molecule has 0 fully saturated rings. The van der Waals surface area contributed by atoms with E-state index in [2.05, 4.69) is 22.8 Å². The van der Waals surface area contributed by atoms with Crippen molar-refractivity contribution in [2.45, 2.75) is 13.3 Å². The fraction of sp³-hybridized carbons (Fsp3) is 0.185. The molecule has 0 aliphatic heterocycles. The highest BCUT2D eigenvalue weighted by molar-refractivity contribution is 6.08. The number of rotatable bonds is 10. The molecule has 0 aliphatic carbocycles. The zero-order valence-electron chi connectivity index (χ0n) is 19.5. The van der Waals surface area contributed by atoms with Gasteiger partial charge in [0.25, 0.3) is 5.91 Å². The molecule has 0 atom stereocenters. The van der Waals surface area contributed by atoms with Crippen LogP contribution in [0.25, 0.3) is 6.08 Å². The summed E-state index contributed by atoms with van der Waals surface area (Å²) >= 11 is 0. The largest absolute Gasteiger partial charge is 0.493 e. The van der Waals surface area contributed by atoms with Crippen LogP contribution in [0.15, 0.2) is 78.5 Å². The van der Waals surface area contributed by atoms with Gasteiger partial charge in [-0.1, -0.05) is 36.4 Å². The van der Waals surface area contributed by atoms with Crippen molar-refractivity contribution in [3.05, 3.63) is 89.6 Å². The van der Waals surface area contributed by atoms with E-state index in [9.17, 15) is 9.59 Å². The van der Waals surface area contributed by atoms with E-state index in [4.69, 9.17) is 14.2 Å². The predicted octanol–water partition coefficient (Wildman–Crippen LogP) is 4.44. The Morgan fingerprint density at radius 1 is 0.882 bits per heavy atom. The van der Waals surface area contributed by atoms with Crippen LogP contribution in [0.1, 0.15) is 18.1 Å². The second-order valence-corrected chi connectivity index (χ2v) is 7.42. The molecule has 0 unspecified atom stereocenters. The van der Waals surface area contributed by atoms with Crippen molar-refractivity contribution in [2.24, 2.45) is 0 Å². The number of methoxy groups -OCH3 is 2. The summed E-state index contributed by atoms with van der Waals surface area (Å²) in [6, 6.07) is 22.4. The fourth-order valence-electron chi connectivity index (χ4n) is 3.22. The summed E-state index contributed by atoms with van der Waals surface area (Å²) in [6.07, 6.45) is 2.38. The van der Waals surface area contributed by atoms with Crippen LogP contribution in [0.5, 0.6) is 17.2 Å². The second-order valence-electron chi connectivity index (χ2n) is 7.42. The second kappa shape index (κ2) is 12.1. The Hall–Kier alpha value is -4.26. The monoisotopic (exact) mass is 460 g/mol. The number of benzene rings is 3. The van der Waals surface area contributed by atoms with Gasteiger partial charge in [-0.3, -0.25) is 9.59 Å². The first-order valence-electron chi connectivity index (χ1n) is 10.8. The summed E-state index contributed by atoms with van der Waals surface area (Å²) in [5.41, 5.74) is 2.55. The van der Waals surface area contributed by atoms with Gasteiger partial charge in [0.1, 0.15) is 11.4 Å². The molecular weight excluding hydrogens is 432 g/mol. The lowest BCUT2D eigenvalue weighted by Crippen LogP contribution is -2.28. The van der Waals surface area contributed by atoms with E-state index in [0.29, 0.717) is 35.1 Å². The van der Waals surface area contributed by atoms with Crippen LogP contribution < -0.4 is 24.8 Å². The molecule has 0 saturated heterocycles. The van der Waals surface area contributed by atoms with Crippen molar-refractivity contribution in [3.63, 3.8) is 0 Å². The van der Waals surface area contributed by atoms with E-state index in [-0.39, 0.29) is 11.6 Å². The molecular formula is C27H28N2O5. The Morgan fingerprint density at radius 2 is 1.59 bits per heavy atom. The van der Waals surface area contributed by atoms with Crippen LogP contribution in [-0.4, -0.2) is 32.6 Å². The SMILES string of the molecule is COc1ccc(/C=C(\NC(C)=O)C(=O)Nc2ccc(OCCc3ccccc3)cc2)cc1OC. The molecule has 0 radical (unpaired) electrons. The molecule has 0 bridgehead atoms. The van der Waals surface area contributed by atoms with Crippen molar-refractivity contribution in [1.82, 2.24) is 5.32 Å². The number of ether oxygens (including phenoxy) is 3. The lowest BCUT2D eigenvalue weighted by Gasteiger charge is -2.12. The van der Waals surface area contributed by atoms with Crippen molar-refractivity contribution in [2.75, 3.05) is 26.1 Å². The molecule has 2 N–H and O–H groups in total. The minimum Gasteiger partial charge on any atom is -0.493 e. The molecule has 2 amide bonds. The van der Waals surface area contributed by atoms with Crippen molar-refractivity contribution in [3.8, 4) is 17.2 Å². The molecule has 3 rings (SSSR count). The van der Waals surface area contributed by atoms with Gasteiger partial charge in [-0.05, 0) is 53.6 Å². The first-order valence-corrected chi connectivity index (χ1v) is 10.8. The van der Waals surface area contributed by atoms with Gasteiger partial charge in [-0.2, -0.15) is 0 Å². The topological polar surface area (TPSA) is 85.9 Å². The number of nitrogens with one attached hydrogen (secondary N) is 2. The third-order valence-corrected chi connectivity index (χ3v) is 4.89. The van der Waals surface area contributed by atoms with E-state index in [1.807, 2.05) is 18.2 Å². The molecule has 7 heteroatoms. The molecule has 0 spiro atoms. The number of carbonyl (C=O) groups excluding carboxylic acids is 2. The lowest BCUT2D eigenvalue weighted by molar-refractivity contribution is -0.120. The maximum absolute atomic E-state index is 12.9. The summed E-state index contributed by atoms with van der Waals surface area (Å²) in [4.78, 5) is 24.5. The summed E-state index contributed by atoms with van der Waals surface area (Å²) in [5, 5.41) is 5.38. The van der Waals surface area contributed by atoms with E-state index in [1.54, 1.807) is 55.7 Å². The maximum atomic E-state index is 12.9. The molecule has 3 aromatic carbocycles. The van der Waals surface area contributed by atoms with Crippen LogP contribution in [-0.2, 0) is 16.0 Å². The van der Waals surface area contributed by atoms with E-state index in [1.165, 1.54) is 19.6 Å². The van der Waals surface area contributed by atoms with Crippen molar-refractivity contribution in [1.29, 1.82) is 0 Å². The minimum absolute atomic E-state index is 0.0999. The van der Waals surface area contributed by atoms with Gasteiger partial charge in [-0.25, -0.2) is 0 Å². The molecule has 7 nitrogen and oxygen atoms in total. The average Bonchev–Trinajstić information content (AvgIpc) is 2.85. The van der Waals surface area contributed by atoms with Crippen LogP contribution in [0, 0.1) is 0 Å². The number of hydrogen-bond acceptors (Lipinski definition) is 5. The van der Waals surface area contributed by atoms with E-state index < -0.39 is 5.91 Å². The van der Waals surface area contributed by atoms with Gasteiger partial charge >= 0.3 is 0 Å². The predicted molar refractivity (Wildman–Crippen MR) is 132 cm³/mol. The molecule has 0 aliphatic rings. The van der Waals surface area contributed by atoms with Crippen LogP contribution in [0.2, 0.25) is 0 Å². The highest BCUT2D eigenvalue weighted by Gasteiger charge is 2.13. The standard InChI is InChI=1S/C27H28N2O5/c1-19(30)28-24(17-21-9-14-25(32-2)26(18-21)33-3)27(31)29-22-10-12-23(13-11-22)34-16-15-20-7-5-4-6-8-20/h4-14,17-18H,15-16H2,1-3H3,(H,28,30)(H,29,31)/b24-17-. The summed E-state index contributed by atoms with van der Waals surface area (Å²) in [5.74, 6) is 0.974. The normalized spacial score (nSPS) is 10.9. The highest BCUT2D eigenvalue weighted by Crippen LogP contribution is 2.28. The molecule has 34 heavy (non-hydrogen) atoms. The Morgan fingerprint density at radius 3 is 2.24 bits per heavy atom. The first-order chi connectivity index (χ1) is 16.5. The first kappa shape index (κ1) is 24.4. The number of hydrogen-bond donors (Lipinski definition) is 2.